The van der Waals surface area contributed by atoms with E-state index in [1.54, 1.807) is 12.1 Å². The minimum atomic E-state index is -0.347. The number of hydrogen-bond donors (Lipinski definition) is 0. The Balaban J connectivity index is 2.04. The van der Waals surface area contributed by atoms with E-state index in [2.05, 4.69) is 0 Å². The maximum atomic E-state index is 11.8. The smallest absolute Gasteiger partial charge is 0.338 e. The third-order valence-electron chi connectivity index (χ3n) is 3.70. The number of methoxy groups -OCH3 is 1. The second-order valence-electron chi connectivity index (χ2n) is 5.03. The van der Waals surface area contributed by atoms with Crippen LogP contribution >= 0.6 is 0 Å². The van der Waals surface area contributed by atoms with Crippen LogP contribution in [0.2, 0.25) is 0 Å². The van der Waals surface area contributed by atoms with Crippen molar-refractivity contribution >= 4 is 23.2 Å². The van der Waals surface area contributed by atoms with Gasteiger partial charge < -0.3 is 9.30 Å². The molecule has 0 aliphatic carbocycles. The molecule has 0 atom stereocenters. The van der Waals surface area contributed by atoms with Crippen LogP contribution in [0.1, 0.15) is 26.3 Å². The number of rotatable bonds is 4. The van der Waals surface area contributed by atoms with E-state index in [0.717, 1.165) is 22.8 Å². The Labute approximate surface area is 127 Å². The highest BCUT2D eigenvalue weighted by molar-refractivity contribution is 5.91. The van der Waals surface area contributed by atoms with Crippen molar-refractivity contribution in [3.05, 3.63) is 71.4 Å². The fraction of sp³-hybridized carbons (Fsp3) is 0.111. The molecule has 1 heterocycles. The Morgan fingerprint density at radius 3 is 2.77 bits per heavy atom. The van der Waals surface area contributed by atoms with Crippen LogP contribution in [0.5, 0.6) is 0 Å². The zero-order valence-electron chi connectivity index (χ0n) is 12.2. The number of nitrogens with zero attached hydrogens (tertiary/aromatic N) is 1. The number of esters is 1. The summed E-state index contributed by atoms with van der Waals surface area (Å²) in [4.78, 5) is 22.8. The van der Waals surface area contributed by atoms with Gasteiger partial charge in [-0.15, -0.1) is 0 Å². The lowest BCUT2D eigenvalue weighted by atomic mass is 10.1. The number of aromatic nitrogens is 1. The lowest BCUT2D eigenvalue weighted by Crippen LogP contribution is -2.08. The summed E-state index contributed by atoms with van der Waals surface area (Å²) in [5.41, 5.74) is 3.03. The molecule has 4 nitrogen and oxygen atoms in total. The van der Waals surface area contributed by atoms with Gasteiger partial charge in [-0.25, -0.2) is 4.79 Å². The number of ether oxygens (including phenoxy) is 1. The molecule has 4 heteroatoms. The summed E-state index contributed by atoms with van der Waals surface area (Å²) in [6, 6.07) is 14.9. The van der Waals surface area contributed by atoms with Crippen molar-refractivity contribution in [3.63, 3.8) is 0 Å². The molecule has 3 aromatic rings. The zero-order chi connectivity index (χ0) is 15.5. The fourth-order valence-corrected chi connectivity index (χ4v) is 2.56. The van der Waals surface area contributed by atoms with Crippen molar-refractivity contribution in [3.8, 4) is 0 Å². The zero-order valence-corrected chi connectivity index (χ0v) is 12.2. The molecule has 0 N–H and O–H groups in total. The average molecular weight is 293 g/mol. The molecule has 110 valence electrons. The molecule has 3 rings (SSSR count). The van der Waals surface area contributed by atoms with E-state index in [9.17, 15) is 9.59 Å². The van der Waals surface area contributed by atoms with E-state index in [1.165, 1.54) is 7.11 Å². The van der Waals surface area contributed by atoms with Gasteiger partial charge in [0.15, 0.2) is 0 Å². The molecule has 0 aliphatic rings. The summed E-state index contributed by atoms with van der Waals surface area (Å²) in [6.07, 6.45) is 2.78. The van der Waals surface area contributed by atoms with E-state index in [4.69, 9.17) is 4.74 Å². The van der Waals surface area contributed by atoms with Gasteiger partial charge in [0.2, 0.25) is 0 Å². The molecule has 0 spiro atoms. The van der Waals surface area contributed by atoms with Crippen molar-refractivity contribution in [2.45, 2.75) is 6.54 Å². The van der Waals surface area contributed by atoms with Crippen molar-refractivity contribution in [2.75, 3.05) is 7.11 Å². The number of carbonyl (C=O) groups excluding carboxylic acids is 2. The first-order valence-corrected chi connectivity index (χ1v) is 6.93. The Bertz CT molecular complexity index is 848. The third kappa shape index (κ3) is 2.51. The van der Waals surface area contributed by atoms with E-state index in [0.29, 0.717) is 17.7 Å². The monoisotopic (exact) mass is 293 g/mol. The third-order valence-corrected chi connectivity index (χ3v) is 3.70. The van der Waals surface area contributed by atoms with Crippen LogP contribution in [0.3, 0.4) is 0 Å². The minimum absolute atomic E-state index is 0.347. The molecule has 22 heavy (non-hydrogen) atoms. The first kappa shape index (κ1) is 14.1. The van der Waals surface area contributed by atoms with Crippen molar-refractivity contribution in [1.29, 1.82) is 0 Å². The molecule has 2 aromatic carbocycles. The van der Waals surface area contributed by atoms with Gasteiger partial charge in [0, 0.05) is 23.8 Å². The number of carbonyl (C=O) groups is 2. The van der Waals surface area contributed by atoms with Crippen LogP contribution in [0.4, 0.5) is 0 Å². The highest BCUT2D eigenvalue weighted by Crippen LogP contribution is 2.20. The van der Waals surface area contributed by atoms with Gasteiger partial charge in [-0.1, -0.05) is 30.3 Å². The Morgan fingerprint density at radius 2 is 2.00 bits per heavy atom. The predicted molar refractivity (Wildman–Crippen MR) is 84.2 cm³/mol. The maximum absolute atomic E-state index is 11.8. The normalized spacial score (nSPS) is 10.6. The van der Waals surface area contributed by atoms with Gasteiger partial charge in [-0.3, -0.25) is 4.79 Å². The molecule has 0 bridgehead atoms. The molecule has 0 amide bonds. The molecule has 0 saturated heterocycles. The summed E-state index contributed by atoms with van der Waals surface area (Å²) in [5, 5.41) is 1.06. The molecule has 0 saturated carbocycles. The van der Waals surface area contributed by atoms with Crippen LogP contribution in [-0.4, -0.2) is 23.9 Å². The highest BCUT2D eigenvalue weighted by Gasteiger charge is 2.12. The van der Waals surface area contributed by atoms with E-state index >= 15 is 0 Å². The number of fused-ring (bicyclic) bond motifs is 1. The van der Waals surface area contributed by atoms with E-state index < -0.39 is 0 Å². The SMILES string of the molecule is COC(=O)c1ccccc1Cn1ccc2ccc(C=O)cc21. The Morgan fingerprint density at radius 1 is 1.18 bits per heavy atom. The van der Waals surface area contributed by atoms with Crippen LogP contribution in [0, 0.1) is 0 Å². The van der Waals surface area contributed by atoms with Gasteiger partial charge in [0.25, 0.3) is 0 Å². The van der Waals surface area contributed by atoms with Crippen LogP contribution in [-0.2, 0) is 11.3 Å². The number of benzene rings is 2. The van der Waals surface area contributed by atoms with E-state index in [1.807, 2.05) is 47.2 Å². The molecule has 0 aliphatic heterocycles. The summed E-state index contributed by atoms with van der Waals surface area (Å²) < 4.78 is 6.84. The van der Waals surface area contributed by atoms with Crippen molar-refractivity contribution in [1.82, 2.24) is 4.57 Å². The largest absolute Gasteiger partial charge is 0.465 e. The molecular formula is C18H15NO3. The average Bonchev–Trinajstić information content (AvgIpc) is 2.96. The molecule has 0 fully saturated rings. The van der Waals surface area contributed by atoms with Gasteiger partial charge in [-0.05, 0) is 29.1 Å². The van der Waals surface area contributed by atoms with Crippen LogP contribution in [0.25, 0.3) is 10.9 Å². The predicted octanol–water partition coefficient (Wildman–Crippen LogP) is 3.29. The highest BCUT2D eigenvalue weighted by atomic mass is 16.5. The van der Waals surface area contributed by atoms with Gasteiger partial charge in [0.1, 0.15) is 6.29 Å². The quantitative estimate of drug-likeness (QED) is 0.548. The summed E-state index contributed by atoms with van der Waals surface area (Å²) in [7, 11) is 1.38. The van der Waals surface area contributed by atoms with E-state index in [-0.39, 0.29) is 5.97 Å². The lowest BCUT2D eigenvalue weighted by Gasteiger charge is -2.10. The topological polar surface area (TPSA) is 48.3 Å². The second kappa shape index (κ2) is 5.85. The Kier molecular flexibility index (Phi) is 3.74. The number of hydrogen-bond acceptors (Lipinski definition) is 3. The first-order valence-electron chi connectivity index (χ1n) is 6.93. The number of aldehydes is 1. The Hall–Kier alpha value is -2.88. The maximum Gasteiger partial charge on any atom is 0.338 e. The summed E-state index contributed by atoms with van der Waals surface area (Å²) in [5.74, 6) is -0.347. The van der Waals surface area contributed by atoms with Gasteiger partial charge in [-0.2, -0.15) is 0 Å². The second-order valence-corrected chi connectivity index (χ2v) is 5.03. The molecular weight excluding hydrogens is 278 g/mol. The first-order chi connectivity index (χ1) is 10.7. The van der Waals surface area contributed by atoms with Crippen molar-refractivity contribution < 1.29 is 14.3 Å². The standard InChI is InChI=1S/C18H15NO3/c1-22-18(21)16-5-3-2-4-15(16)11-19-9-8-14-7-6-13(12-20)10-17(14)19/h2-10,12H,11H2,1H3. The molecule has 0 unspecified atom stereocenters. The van der Waals surface area contributed by atoms with Crippen LogP contribution < -0.4 is 0 Å². The molecule has 0 radical (unpaired) electrons. The van der Waals surface area contributed by atoms with Gasteiger partial charge in [0.05, 0.1) is 12.7 Å². The minimum Gasteiger partial charge on any atom is -0.465 e. The van der Waals surface area contributed by atoms with Crippen LogP contribution in [0.15, 0.2) is 54.7 Å². The molecule has 1 aromatic heterocycles. The van der Waals surface area contributed by atoms with Gasteiger partial charge >= 0.3 is 5.97 Å². The van der Waals surface area contributed by atoms with Crippen molar-refractivity contribution in [2.24, 2.45) is 0 Å². The lowest BCUT2D eigenvalue weighted by molar-refractivity contribution is 0.0599. The summed E-state index contributed by atoms with van der Waals surface area (Å²) in [6.45, 7) is 0.539. The summed E-state index contributed by atoms with van der Waals surface area (Å²) >= 11 is 0. The fourth-order valence-electron chi connectivity index (χ4n) is 2.56.